The van der Waals surface area contributed by atoms with Gasteiger partial charge in [-0.3, -0.25) is 0 Å². The van der Waals surface area contributed by atoms with E-state index in [1.54, 1.807) is 17.8 Å². The molecule has 0 aliphatic heterocycles. The first-order chi connectivity index (χ1) is 8.41. The Balaban J connectivity index is 2.51. The topological polar surface area (TPSA) is 8.81 Å². The molecule has 0 spiro atoms. The lowest BCUT2D eigenvalue weighted by Crippen LogP contribution is -2.24. The Bertz CT molecular complexity index is 577. The molecular weight excluding hydrogens is 255 g/mol. The first-order valence-electron chi connectivity index (χ1n) is 4.93. The second kappa shape index (κ2) is 4.40. The van der Waals surface area contributed by atoms with Gasteiger partial charge < -0.3 is 0 Å². The Morgan fingerprint density at radius 3 is 1.89 bits per heavy atom. The average molecular weight is 263 g/mol. The predicted octanol–water partition coefficient (Wildman–Crippen LogP) is 2.06. The first kappa shape index (κ1) is 12.5. The van der Waals surface area contributed by atoms with Crippen molar-refractivity contribution in [3.63, 3.8) is 0 Å². The number of halogens is 5. The van der Waals surface area contributed by atoms with Crippen LogP contribution < -0.4 is 4.57 Å². The molecule has 7 heteroatoms. The molecule has 0 bridgehead atoms. The van der Waals surface area contributed by atoms with E-state index in [4.69, 9.17) is 0 Å². The molecule has 2 rings (SSSR count). The highest BCUT2D eigenvalue weighted by molar-refractivity contribution is 5.24. The molecule has 0 saturated heterocycles. The van der Waals surface area contributed by atoms with Crippen molar-refractivity contribution in [3.8, 4) is 0 Å². The molecule has 1 aromatic carbocycles. The summed E-state index contributed by atoms with van der Waals surface area (Å²) in [7, 11) is 1.66. The summed E-state index contributed by atoms with van der Waals surface area (Å²) < 4.78 is 68.3. The van der Waals surface area contributed by atoms with Gasteiger partial charge in [-0.05, 0) is 0 Å². The van der Waals surface area contributed by atoms with Gasteiger partial charge in [-0.25, -0.2) is 31.1 Å². The van der Waals surface area contributed by atoms with E-state index in [1.807, 2.05) is 0 Å². The summed E-state index contributed by atoms with van der Waals surface area (Å²) in [4.78, 5) is 0. The number of aromatic nitrogens is 2. The zero-order valence-corrected chi connectivity index (χ0v) is 9.22. The standard InChI is InChI=1S/C11H8F5N2/c1-17-2-3-18(5-17)4-6-7(12)9(14)11(16)10(15)8(6)13/h2-3,5H,4H2,1H3/q+1. The maximum atomic E-state index is 13.4. The molecule has 1 aromatic heterocycles. The molecular formula is C11H8F5N2+. The maximum Gasteiger partial charge on any atom is 0.243 e. The summed E-state index contributed by atoms with van der Waals surface area (Å²) in [5, 5.41) is 0. The van der Waals surface area contributed by atoms with Crippen molar-refractivity contribution in [1.82, 2.24) is 4.57 Å². The molecule has 1 heterocycles. The van der Waals surface area contributed by atoms with Crippen LogP contribution in [-0.4, -0.2) is 4.57 Å². The lowest BCUT2D eigenvalue weighted by Gasteiger charge is -2.06. The molecule has 0 atom stereocenters. The Hall–Kier alpha value is -1.92. The Morgan fingerprint density at radius 2 is 1.44 bits per heavy atom. The molecule has 2 aromatic rings. The number of hydrogen-bond acceptors (Lipinski definition) is 0. The van der Waals surface area contributed by atoms with E-state index in [1.165, 1.54) is 17.1 Å². The number of benzene rings is 1. The van der Waals surface area contributed by atoms with E-state index >= 15 is 0 Å². The number of imidazole rings is 1. The molecule has 0 fully saturated rings. The van der Waals surface area contributed by atoms with Gasteiger partial charge in [0.05, 0.1) is 12.6 Å². The minimum atomic E-state index is -2.15. The minimum Gasteiger partial charge on any atom is -0.240 e. The second-order valence-corrected chi connectivity index (χ2v) is 3.80. The highest BCUT2D eigenvalue weighted by atomic mass is 19.2. The van der Waals surface area contributed by atoms with Crippen molar-refractivity contribution in [2.45, 2.75) is 6.54 Å². The molecule has 0 amide bonds. The van der Waals surface area contributed by atoms with Gasteiger partial charge in [0, 0.05) is 0 Å². The molecule has 96 valence electrons. The van der Waals surface area contributed by atoms with Gasteiger partial charge in [-0.1, -0.05) is 0 Å². The van der Waals surface area contributed by atoms with Crippen LogP contribution in [0.3, 0.4) is 0 Å². The zero-order valence-electron chi connectivity index (χ0n) is 9.22. The van der Waals surface area contributed by atoms with Gasteiger partial charge in [0.2, 0.25) is 12.1 Å². The Morgan fingerprint density at radius 1 is 0.944 bits per heavy atom. The van der Waals surface area contributed by atoms with E-state index in [2.05, 4.69) is 0 Å². The maximum absolute atomic E-state index is 13.4. The lowest BCUT2D eigenvalue weighted by atomic mass is 10.1. The molecule has 0 unspecified atom stereocenters. The van der Waals surface area contributed by atoms with Crippen LogP contribution in [0.25, 0.3) is 0 Å². The SMILES string of the molecule is C[n+]1ccn(Cc2c(F)c(F)c(F)c(F)c2F)c1. The van der Waals surface area contributed by atoms with Crippen LogP contribution in [0.5, 0.6) is 0 Å². The van der Waals surface area contributed by atoms with Crippen LogP contribution >= 0.6 is 0 Å². The summed E-state index contributed by atoms with van der Waals surface area (Å²) in [6, 6.07) is 0. The average Bonchev–Trinajstić information content (AvgIpc) is 2.75. The number of aryl methyl sites for hydroxylation is 1. The lowest BCUT2D eigenvalue weighted by molar-refractivity contribution is -0.671. The summed E-state index contributed by atoms with van der Waals surface area (Å²) in [6.07, 6.45) is 4.49. The van der Waals surface area contributed by atoms with Gasteiger partial charge in [0.25, 0.3) is 0 Å². The highest BCUT2D eigenvalue weighted by Gasteiger charge is 2.26. The third kappa shape index (κ3) is 1.96. The zero-order chi connectivity index (χ0) is 13.4. The number of rotatable bonds is 2. The van der Waals surface area contributed by atoms with Crippen molar-refractivity contribution in [3.05, 3.63) is 53.4 Å². The van der Waals surface area contributed by atoms with Gasteiger partial charge >= 0.3 is 0 Å². The van der Waals surface area contributed by atoms with E-state index in [-0.39, 0.29) is 0 Å². The highest BCUT2D eigenvalue weighted by Crippen LogP contribution is 2.23. The molecule has 18 heavy (non-hydrogen) atoms. The molecule has 0 radical (unpaired) electrons. The molecule has 0 aliphatic rings. The fraction of sp³-hybridized carbons (Fsp3) is 0.182. The van der Waals surface area contributed by atoms with E-state index in [0.717, 1.165) is 0 Å². The van der Waals surface area contributed by atoms with Crippen LogP contribution in [0, 0.1) is 29.1 Å². The molecule has 0 N–H and O–H groups in total. The Kier molecular flexibility index (Phi) is 3.06. The smallest absolute Gasteiger partial charge is 0.240 e. The normalized spacial score (nSPS) is 11.0. The number of nitrogens with zero attached hydrogens (tertiary/aromatic N) is 2. The van der Waals surface area contributed by atoms with Crippen molar-refractivity contribution in [2.24, 2.45) is 7.05 Å². The largest absolute Gasteiger partial charge is 0.243 e. The third-order valence-corrected chi connectivity index (χ3v) is 2.47. The van der Waals surface area contributed by atoms with Crippen molar-refractivity contribution in [2.75, 3.05) is 0 Å². The summed E-state index contributed by atoms with van der Waals surface area (Å²) in [5.74, 6) is -9.61. The first-order valence-corrected chi connectivity index (χ1v) is 4.93. The van der Waals surface area contributed by atoms with Gasteiger partial charge in [0.1, 0.15) is 18.9 Å². The second-order valence-electron chi connectivity index (χ2n) is 3.80. The van der Waals surface area contributed by atoms with Crippen molar-refractivity contribution >= 4 is 0 Å². The molecule has 2 nitrogen and oxygen atoms in total. The van der Waals surface area contributed by atoms with Crippen molar-refractivity contribution < 1.29 is 26.5 Å². The van der Waals surface area contributed by atoms with Gasteiger partial charge in [0.15, 0.2) is 23.3 Å². The van der Waals surface area contributed by atoms with Crippen LogP contribution in [0.15, 0.2) is 18.7 Å². The van der Waals surface area contributed by atoms with E-state index in [0.29, 0.717) is 0 Å². The van der Waals surface area contributed by atoms with Gasteiger partial charge in [-0.2, -0.15) is 0 Å². The fourth-order valence-electron chi connectivity index (χ4n) is 1.57. The summed E-state index contributed by atoms with van der Waals surface area (Å²) in [6.45, 7) is -0.438. The fourth-order valence-corrected chi connectivity index (χ4v) is 1.57. The quantitative estimate of drug-likeness (QED) is 0.339. The minimum absolute atomic E-state index is 0.438. The molecule has 0 aliphatic carbocycles. The van der Waals surface area contributed by atoms with Gasteiger partial charge in [-0.15, -0.1) is 0 Å². The predicted molar refractivity (Wildman–Crippen MR) is 50.9 cm³/mol. The van der Waals surface area contributed by atoms with Crippen LogP contribution in [-0.2, 0) is 13.6 Å². The number of hydrogen-bond donors (Lipinski definition) is 0. The van der Waals surface area contributed by atoms with E-state index in [9.17, 15) is 22.0 Å². The summed E-state index contributed by atoms with van der Waals surface area (Å²) in [5.41, 5.74) is -0.859. The summed E-state index contributed by atoms with van der Waals surface area (Å²) >= 11 is 0. The monoisotopic (exact) mass is 263 g/mol. The van der Waals surface area contributed by atoms with Crippen LogP contribution in [0.2, 0.25) is 0 Å². The Labute approximate surface area is 98.9 Å². The van der Waals surface area contributed by atoms with E-state index < -0.39 is 41.2 Å². The van der Waals surface area contributed by atoms with Crippen molar-refractivity contribution in [1.29, 1.82) is 0 Å². The third-order valence-electron chi connectivity index (χ3n) is 2.47. The van der Waals surface area contributed by atoms with Crippen LogP contribution in [0.4, 0.5) is 22.0 Å². The molecule has 0 saturated carbocycles. The van der Waals surface area contributed by atoms with Crippen LogP contribution in [0.1, 0.15) is 5.56 Å².